The third-order valence-electron chi connectivity index (χ3n) is 3.42. The molecule has 2 atom stereocenters. The van der Waals surface area contributed by atoms with Crippen LogP contribution in [0.1, 0.15) is 31.7 Å². The summed E-state index contributed by atoms with van der Waals surface area (Å²) in [5.41, 5.74) is 1.54. The van der Waals surface area contributed by atoms with Gasteiger partial charge in [-0.1, -0.05) is 58.2 Å². The topological polar surface area (TPSA) is 0 Å². The van der Waals surface area contributed by atoms with E-state index in [4.69, 9.17) is 23.2 Å². The average Bonchev–Trinajstić information content (AvgIpc) is 2.54. The monoisotopic (exact) mass is 320 g/mol. The Balaban J connectivity index is 2.18. The number of hydrogen-bond acceptors (Lipinski definition) is 0. The van der Waals surface area contributed by atoms with E-state index < -0.39 is 0 Å². The summed E-state index contributed by atoms with van der Waals surface area (Å²) in [7, 11) is 0. The number of hydrogen-bond donors (Lipinski definition) is 0. The fourth-order valence-corrected chi connectivity index (χ4v) is 3.95. The van der Waals surface area contributed by atoms with Gasteiger partial charge in [0.2, 0.25) is 0 Å². The molecule has 0 amide bonds. The highest BCUT2D eigenvalue weighted by atomic mass is 79.9. The minimum Gasteiger partial charge on any atom is -0.0890 e. The average molecular weight is 322 g/mol. The predicted molar refractivity (Wildman–Crippen MR) is 74.8 cm³/mol. The van der Waals surface area contributed by atoms with Gasteiger partial charge in [0.05, 0.1) is 10.0 Å². The van der Waals surface area contributed by atoms with Crippen LogP contribution >= 0.6 is 39.1 Å². The van der Waals surface area contributed by atoms with Crippen molar-refractivity contribution in [3.05, 3.63) is 33.8 Å². The molecule has 0 nitrogen and oxygen atoms in total. The summed E-state index contributed by atoms with van der Waals surface area (Å²) in [6.45, 7) is 2.34. The molecule has 1 aliphatic carbocycles. The molecule has 0 N–H and O–H groups in total. The number of alkyl halides is 1. The smallest absolute Gasteiger partial charge is 0.0624 e. The first-order chi connectivity index (χ1) is 7.50. The van der Waals surface area contributed by atoms with E-state index in [-0.39, 0.29) is 0 Å². The van der Waals surface area contributed by atoms with Crippen LogP contribution in [0, 0.1) is 5.41 Å². The normalized spacial score (nSPS) is 29.6. The minimum absolute atomic E-state index is 0.364. The summed E-state index contributed by atoms with van der Waals surface area (Å²) in [5, 5.41) is 1.39. The fraction of sp³-hybridized carbons (Fsp3) is 0.538. The lowest BCUT2D eigenvalue weighted by Crippen LogP contribution is -2.16. The Bertz CT molecular complexity index is 392. The summed E-state index contributed by atoms with van der Waals surface area (Å²) in [6.07, 6.45) is 4.75. The highest BCUT2D eigenvalue weighted by molar-refractivity contribution is 9.09. The maximum absolute atomic E-state index is 6.23. The standard InChI is InChI=1S/C13H15BrCl2/c1-13(6-5-10(14)8-13)7-9-3-2-4-11(15)12(9)16/h2-4,10H,5-8H2,1H3. The Labute approximate surface area is 115 Å². The van der Waals surface area contributed by atoms with E-state index >= 15 is 0 Å². The molecular weight excluding hydrogens is 307 g/mol. The second kappa shape index (κ2) is 4.88. The SMILES string of the molecule is CC1(Cc2cccc(Cl)c2Cl)CCC(Br)C1. The molecular formula is C13H15BrCl2. The van der Waals surface area contributed by atoms with Crippen molar-refractivity contribution >= 4 is 39.1 Å². The van der Waals surface area contributed by atoms with E-state index in [0.29, 0.717) is 15.3 Å². The molecule has 0 saturated heterocycles. The Morgan fingerprint density at radius 2 is 2.19 bits per heavy atom. The molecule has 16 heavy (non-hydrogen) atoms. The molecule has 2 unspecified atom stereocenters. The molecule has 0 aliphatic heterocycles. The maximum atomic E-state index is 6.23. The zero-order chi connectivity index (χ0) is 11.8. The highest BCUT2D eigenvalue weighted by Gasteiger charge is 2.34. The maximum Gasteiger partial charge on any atom is 0.0624 e. The van der Waals surface area contributed by atoms with E-state index in [2.05, 4.69) is 28.9 Å². The van der Waals surface area contributed by atoms with Gasteiger partial charge in [0, 0.05) is 4.83 Å². The Hall–Kier alpha value is 0.280. The van der Waals surface area contributed by atoms with Crippen molar-refractivity contribution in [3.8, 4) is 0 Å². The largest absolute Gasteiger partial charge is 0.0890 e. The van der Waals surface area contributed by atoms with Gasteiger partial charge in [-0.2, -0.15) is 0 Å². The molecule has 0 heterocycles. The summed E-state index contributed by atoms with van der Waals surface area (Å²) in [5.74, 6) is 0. The van der Waals surface area contributed by atoms with Crippen molar-refractivity contribution in [3.63, 3.8) is 0 Å². The molecule has 88 valence electrons. The van der Waals surface area contributed by atoms with E-state index in [0.717, 1.165) is 11.4 Å². The van der Waals surface area contributed by atoms with Crippen molar-refractivity contribution in [2.75, 3.05) is 0 Å². The van der Waals surface area contributed by atoms with Crippen LogP contribution in [0.3, 0.4) is 0 Å². The molecule has 1 aromatic carbocycles. The van der Waals surface area contributed by atoms with Crippen LogP contribution < -0.4 is 0 Å². The molecule has 0 spiro atoms. The van der Waals surface area contributed by atoms with Gasteiger partial charge in [-0.3, -0.25) is 0 Å². The molecule has 1 fully saturated rings. The summed E-state index contributed by atoms with van der Waals surface area (Å²) < 4.78 is 0. The first-order valence-corrected chi connectivity index (χ1v) is 7.24. The van der Waals surface area contributed by atoms with Crippen LogP contribution in [-0.2, 0) is 6.42 Å². The van der Waals surface area contributed by atoms with Crippen molar-refractivity contribution < 1.29 is 0 Å². The molecule has 3 heteroatoms. The third kappa shape index (κ3) is 2.75. The number of rotatable bonds is 2. The zero-order valence-electron chi connectivity index (χ0n) is 9.27. The summed E-state index contributed by atoms with van der Waals surface area (Å²) >= 11 is 16.0. The summed E-state index contributed by atoms with van der Waals surface area (Å²) in [6, 6.07) is 5.91. The van der Waals surface area contributed by atoms with Gasteiger partial charge in [0.1, 0.15) is 0 Å². The quantitative estimate of drug-likeness (QED) is 0.632. The van der Waals surface area contributed by atoms with Crippen LogP contribution in [0.4, 0.5) is 0 Å². The Kier molecular flexibility index (Phi) is 3.88. The fourth-order valence-electron chi connectivity index (χ4n) is 2.55. The molecule has 1 aliphatic rings. The van der Waals surface area contributed by atoms with Gasteiger partial charge < -0.3 is 0 Å². The van der Waals surface area contributed by atoms with Crippen LogP contribution in [0.2, 0.25) is 10.0 Å². The summed E-state index contributed by atoms with van der Waals surface area (Å²) in [4.78, 5) is 0.662. The highest BCUT2D eigenvalue weighted by Crippen LogP contribution is 2.44. The lowest BCUT2D eigenvalue weighted by atomic mass is 9.82. The van der Waals surface area contributed by atoms with Gasteiger partial charge in [0.25, 0.3) is 0 Å². The van der Waals surface area contributed by atoms with Gasteiger partial charge in [0.15, 0.2) is 0 Å². The molecule has 0 radical (unpaired) electrons. The van der Waals surface area contributed by atoms with E-state index in [1.165, 1.54) is 24.8 Å². The van der Waals surface area contributed by atoms with Gasteiger partial charge >= 0.3 is 0 Å². The molecule has 1 aromatic rings. The Morgan fingerprint density at radius 1 is 1.44 bits per heavy atom. The Morgan fingerprint density at radius 3 is 2.81 bits per heavy atom. The second-order valence-corrected chi connectivity index (χ2v) is 7.12. The molecule has 0 aromatic heterocycles. The van der Waals surface area contributed by atoms with Crippen molar-refractivity contribution in [2.24, 2.45) is 5.41 Å². The van der Waals surface area contributed by atoms with Crippen molar-refractivity contribution in [2.45, 2.75) is 37.4 Å². The third-order valence-corrected chi connectivity index (χ3v) is 5.06. The number of halogens is 3. The van der Waals surface area contributed by atoms with Crippen LogP contribution in [0.15, 0.2) is 18.2 Å². The molecule has 0 bridgehead atoms. The second-order valence-electron chi connectivity index (χ2n) is 5.04. The van der Waals surface area contributed by atoms with Gasteiger partial charge in [-0.05, 0) is 42.7 Å². The first kappa shape index (κ1) is 12.7. The van der Waals surface area contributed by atoms with E-state index in [9.17, 15) is 0 Å². The predicted octanol–water partition coefficient (Wildman–Crippen LogP) is 5.49. The van der Waals surface area contributed by atoms with Gasteiger partial charge in [-0.15, -0.1) is 0 Å². The van der Waals surface area contributed by atoms with Crippen LogP contribution in [-0.4, -0.2) is 4.83 Å². The van der Waals surface area contributed by atoms with E-state index in [1.54, 1.807) is 0 Å². The first-order valence-electron chi connectivity index (χ1n) is 5.57. The zero-order valence-corrected chi connectivity index (χ0v) is 12.4. The lowest BCUT2D eigenvalue weighted by molar-refractivity contribution is 0.336. The van der Waals surface area contributed by atoms with Crippen molar-refractivity contribution in [1.29, 1.82) is 0 Å². The van der Waals surface area contributed by atoms with Gasteiger partial charge in [-0.25, -0.2) is 0 Å². The van der Waals surface area contributed by atoms with Crippen LogP contribution in [0.5, 0.6) is 0 Å². The number of benzene rings is 1. The van der Waals surface area contributed by atoms with Crippen molar-refractivity contribution in [1.82, 2.24) is 0 Å². The molecule has 2 rings (SSSR count). The molecule has 1 saturated carbocycles. The van der Waals surface area contributed by atoms with Crippen LogP contribution in [0.25, 0.3) is 0 Å². The minimum atomic E-state index is 0.364. The lowest BCUT2D eigenvalue weighted by Gasteiger charge is -2.24. The van der Waals surface area contributed by atoms with E-state index in [1.807, 2.05) is 12.1 Å².